The minimum absolute atomic E-state index is 0.0654. The molecule has 0 aromatic heterocycles. The number of ether oxygens (including phenoxy) is 2. The highest BCUT2D eigenvalue weighted by molar-refractivity contribution is 5.70. The number of piperidine rings is 1. The number of hydrogen-bond donors (Lipinski definition) is 0. The molecule has 0 N–H and O–H groups in total. The van der Waals surface area contributed by atoms with Crippen molar-refractivity contribution in [2.75, 3.05) is 53.0 Å². The fourth-order valence-corrected chi connectivity index (χ4v) is 2.43. The number of nitrogens with zero attached hydrogens (tertiary/aromatic N) is 2. The second-order valence-corrected chi connectivity index (χ2v) is 5.00. The van der Waals surface area contributed by atoms with Gasteiger partial charge in [0.2, 0.25) is 0 Å². The van der Waals surface area contributed by atoms with E-state index in [9.17, 15) is 4.79 Å². The molecule has 0 atom stereocenters. The zero-order valence-electron chi connectivity index (χ0n) is 12.6. The summed E-state index contributed by atoms with van der Waals surface area (Å²) in [7, 11) is 2.14. The van der Waals surface area contributed by atoms with Crippen molar-refractivity contribution >= 4 is 5.97 Å². The van der Waals surface area contributed by atoms with Gasteiger partial charge in [-0.05, 0) is 46.4 Å². The van der Waals surface area contributed by atoms with E-state index in [1.807, 2.05) is 0 Å². The molecule has 19 heavy (non-hydrogen) atoms. The van der Waals surface area contributed by atoms with Crippen LogP contribution in [-0.2, 0) is 14.3 Å². The van der Waals surface area contributed by atoms with Gasteiger partial charge < -0.3 is 19.3 Å². The zero-order valence-corrected chi connectivity index (χ0v) is 12.6. The zero-order chi connectivity index (χ0) is 14.1. The van der Waals surface area contributed by atoms with Crippen LogP contribution in [0.4, 0.5) is 0 Å². The summed E-state index contributed by atoms with van der Waals surface area (Å²) in [6, 6.07) is 0.647. The smallest absolute Gasteiger partial charge is 0.332 e. The van der Waals surface area contributed by atoms with Gasteiger partial charge in [0.1, 0.15) is 6.61 Å². The highest BCUT2D eigenvalue weighted by Gasteiger charge is 2.21. The fourth-order valence-electron chi connectivity index (χ4n) is 2.43. The van der Waals surface area contributed by atoms with Gasteiger partial charge in [0.25, 0.3) is 0 Å². The fraction of sp³-hybridized carbons (Fsp3) is 0.929. The molecule has 0 saturated carbocycles. The topological polar surface area (TPSA) is 42.0 Å². The molecule has 112 valence electrons. The predicted octanol–water partition coefficient (Wildman–Crippen LogP) is 0.982. The Hall–Kier alpha value is -0.650. The third-order valence-corrected chi connectivity index (χ3v) is 3.74. The lowest BCUT2D eigenvalue weighted by Crippen LogP contribution is -2.44. The van der Waals surface area contributed by atoms with Crippen molar-refractivity contribution in [1.29, 1.82) is 0 Å². The Morgan fingerprint density at radius 3 is 2.58 bits per heavy atom. The first kappa shape index (κ1) is 16.4. The summed E-state index contributed by atoms with van der Waals surface area (Å²) in [6.07, 6.45) is 2.45. The normalized spacial score (nSPS) is 17.9. The first-order valence-corrected chi connectivity index (χ1v) is 7.33. The third-order valence-electron chi connectivity index (χ3n) is 3.74. The van der Waals surface area contributed by atoms with Gasteiger partial charge >= 0.3 is 5.97 Å². The van der Waals surface area contributed by atoms with E-state index < -0.39 is 0 Å². The first-order chi connectivity index (χ1) is 9.17. The van der Waals surface area contributed by atoms with Gasteiger partial charge in [-0.2, -0.15) is 0 Å². The molecule has 1 heterocycles. The van der Waals surface area contributed by atoms with Gasteiger partial charge in [-0.25, -0.2) is 4.79 Å². The Labute approximate surface area is 116 Å². The van der Waals surface area contributed by atoms with Crippen LogP contribution in [0.15, 0.2) is 0 Å². The highest BCUT2D eigenvalue weighted by Crippen LogP contribution is 2.14. The highest BCUT2D eigenvalue weighted by atomic mass is 16.6. The molecule has 0 radical (unpaired) electrons. The van der Waals surface area contributed by atoms with Crippen LogP contribution in [-0.4, -0.2) is 74.9 Å². The maximum Gasteiger partial charge on any atom is 0.332 e. The minimum atomic E-state index is -0.276. The monoisotopic (exact) mass is 272 g/mol. The van der Waals surface area contributed by atoms with Crippen LogP contribution in [0.5, 0.6) is 0 Å². The largest absolute Gasteiger partial charge is 0.464 e. The molecule has 0 aromatic rings. The molecule has 5 nitrogen and oxygen atoms in total. The van der Waals surface area contributed by atoms with Gasteiger partial charge in [0.15, 0.2) is 0 Å². The van der Waals surface area contributed by atoms with Crippen molar-refractivity contribution < 1.29 is 14.3 Å². The van der Waals surface area contributed by atoms with Crippen LogP contribution in [0.1, 0.15) is 26.7 Å². The van der Waals surface area contributed by atoms with Crippen molar-refractivity contribution in [3.05, 3.63) is 0 Å². The molecule has 1 fully saturated rings. The van der Waals surface area contributed by atoms with Crippen molar-refractivity contribution in [1.82, 2.24) is 9.80 Å². The van der Waals surface area contributed by atoms with E-state index in [2.05, 4.69) is 23.8 Å². The van der Waals surface area contributed by atoms with E-state index in [0.717, 1.165) is 13.1 Å². The molecule has 1 rings (SSSR count). The maximum absolute atomic E-state index is 11.1. The lowest BCUT2D eigenvalue weighted by Gasteiger charge is -2.36. The summed E-state index contributed by atoms with van der Waals surface area (Å²) in [5.74, 6) is -0.276. The third kappa shape index (κ3) is 6.36. The molecule has 0 bridgehead atoms. The van der Waals surface area contributed by atoms with Crippen molar-refractivity contribution in [2.24, 2.45) is 0 Å². The van der Waals surface area contributed by atoms with Crippen molar-refractivity contribution in [3.63, 3.8) is 0 Å². The van der Waals surface area contributed by atoms with Crippen LogP contribution < -0.4 is 0 Å². The lowest BCUT2D eigenvalue weighted by molar-refractivity contribution is -0.148. The number of rotatable bonds is 8. The molecule has 1 aliphatic rings. The Morgan fingerprint density at radius 2 is 2.00 bits per heavy atom. The average Bonchev–Trinajstić information content (AvgIpc) is 2.44. The van der Waals surface area contributed by atoms with Gasteiger partial charge in [-0.1, -0.05) is 6.92 Å². The van der Waals surface area contributed by atoms with E-state index in [-0.39, 0.29) is 12.6 Å². The van der Waals surface area contributed by atoms with Crippen LogP contribution in [0, 0.1) is 0 Å². The number of carbonyl (C=O) groups is 1. The summed E-state index contributed by atoms with van der Waals surface area (Å²) in [6.45, 7) is 9.48. The Balaban J connectivity index is 2.08. The van der Waals surface area contributed by atoms with Gasteiger partial charge in [-0.3, -0.25) is 0 Å². The van der Waals surface area contributed by atoms with Crippen LogP contribution in [0.25, 0.3) is 0 Å². The number of likely N-dealkylation sites (N-methyl/N-ethyl adjacent to an activating group) is 1. The Kier molecular flexibility index (Phi) is 8.02. The van der Waals surface area contributed by atoms with Gasteiger partial charge in [-0.15, -0.1) is 0 Å². The van der Waals surface area contributed by atoms with Crippen molar-refractivity contribution in [3.8, 4) is 0 Å². The van der Waals surface area contributed by atoms with E-state index in [0.29, 0.717) is 19.3 Å². The Bertz CT molecular complexity index is 253. The molecule has 0 spiro atoms. The quantitative estimate of drug-likeness (QED) is 0.487. The van der Waals surface area contributed by atoms with Crippen LogP contribution >= 0.6 is 0 Å². The Morgan fingerprint density at radius 1 is 1.32 bits per heavy atom. The van der Waals surface area contributed by atoms with E-state index in [1.165, 1.54) is 25.9 Å². The standard InChI is InChI=1S/C14H28N2O3/c1-4-16-8-6-13(7-9-16)15(3)10-11-18-12-14(17)19-5-2/h13H,4-12H2,1-3H3. The van der Waals surface area contributed by atoms with Crippen molar-refractivity contribution in [2.45, 2.75) is 32.7 Å². The number of carbonyl (C=O) groups excluding carboxylic acids is 1. The number of likely N-dealkylation sites (tertiary alicyclic amines) is 1. The maximum atomic E-state index is 11.1. The SMILES string of the molecule is CCOC(=O)COCCN(C)C1CCN(CC)CC1. The number of hydrogen-bond acceptors (Lipinski definition) is 5. The van der Waals surface area contributed by atoms with Crippen LogP contribution in [0.3, 0.4) is 0 Å². The van der Waals surface area contributed by atoms with E-state index in [4.69, 9.17) is 9.47 Å². The lowest BCUT2D eigenvalue weighted by atomic mass is 10.0. The second kappa shape index (κ2) is 9.28. The molecule has 1 saturated heterocycles. The molecule has 0 aromatic carbocycles. The second-order valence-electron chi connectivity index (χ2n) is 5.00. The van der Waals surface area contributed by atoms with Gasteiger partial charge in [0.05, 0.1) is 13.2 Å². The molecular formula is C14H28N2O3. The molecule has 0 amide bonds. The minimum Gasteiger partial charge on any atom is -0.464 e. The summed E-state index contributed by atoms with van der Waals surface area (Å²) < 4.78 is 10.1. The van der Waals surface area contributed by atoms with E-state index in [1.54, 1.807) is 6.92 Å². The predicted molar refractivity (Wildman–Crippen MR) is 75.2 cm³/mol. The number of esters is 1. The molecule has 0 aliphatic carbocycles. The molecular weight excluding hydrogens is 244 g/mol. The molecule has 0 unspecified atom stereocenters. The summed E-state index contributed by atoms with van der Waals surface area (Å²) >= 11 is 0. The first-order valence-electron chi connectivity index (χ1n) is 7.33. The summed E-state index contributed by atoms with van der Waals surface area (Å²) in [5.41, 5.74) is 0. The van der Waals surface area contributed by atoms with Gasteiger partial charge in [0, 0.05) is 12.6 Å². The molecule has 5 heteroatoms. The summed E-state index contributed by atoms with van der Waals surface area (Å²) in [5, 5.41) is 0. The van der Waals surface area contributed by atoms with E-state index >= 15 is 0 Å². The van der Waals surface area contributed by atoms with Crippen LogP contribution in [0.2, 0.25) is 0 Å². The average molecular weight is 272 g/mol. The summed E-state index contributed by atoms with van der Waals surface area (Å²) in [4.78, 5) is 15.9. The molecule has 1 aliphatic heterocycles.